The summed E-state index contributed by atoms with van der Waals surface area (Å²) in [5.74, 6) is 0.720. The molecule has 134 valence electrons. The maximum Gasteiger partial charge on any atom is 0.325 e. The summed E-state index contributed by atoms with van der Waals surface area (Å²) >= 11 is 1.61. The number of aliphatic carboxylic acids is 1. The van der Waals surface area contributed by atoms with Crippen LogP contribution in [-0.2, 0) is 11.3 Å². The third-order valence-electron chi connectivity index (χ3n) is 4.03. The van der Waals surface area contributed by atoms with E-state index in [-0.39, 0.29) is 0 Å². The van der Waals surface area contributed by atoms with Crippen molar-refractivity contribution in [3.05, 3.63) is 39.8 Å². The predicted octanol–water partition coefficient (Wildman–Crippen LogP) is 3.30. The van der Waals surface area contributed by atoms with E-state index in [1.165, 1.54) is 0 Å². The van der Waals surface area contributed by atoms with Gasteiger partial charge in [0.1, 0.15) is 19.3 Å². The molecule has 3 rings (SSSR count). The average Bonchev–Trinajstić information content (AvgIpc) is 3.03. The third-order valence-corrected chi connectivity index (χ3v) is 5.23. The minimum absolute atomic E-state index is 0.372. The molecule has 0 spiro atoms. The van der Waals surface area contributed by atoms with Crippen LogP contribution in [0.1, 0.15) is 42.1 Å². The van der Waals surface area contributed by atoms with E-state index < -0.39 is 12.0 Å². The van der Waals surface area contributed by atoms with Crippen molar-refractivity contribution in [1.29, 1.82) is 0 Å². The van der Waals surface area contributed by atoms with Crippen LogP contribution in [0.2, 0.25) is 0 Å². The van der Waals surface area contributed by atoms with Gasteiger partial charge in [-0.3, -0.25) is 9.69 Å². The molecule has 0 amide bonds. The fourth-order valence-electron chi connectivity index (χ4n) is 2.82. The fraction of sp³-hybridized carbons (Fsp3) is 0.444. The lowest BCUT2D eigenvalue weighted by atomic mass is 10.0. The minimum atomic E-state index is -0.904. The lowest BCUT2D eigenvalue weighted by Crippen LogP contribution is -2.30. The molecule has 0 fully saturated rings. The van der Waals surface area contributed by atoms with E-state index >= 15 is 0 Å². The van der Waals surface area contributed by atoms with Gasteiger partial charge in [0.2, 0.25) is 0 Å². The van der Waals surface area contributed by atoms with E-state index in [0.29, 0.717) is 42.7 Å². The summed E-state index contributed by atoms with van der Waals surface area (Å²) in [4.78, 5) is 18.3. The van der Waals surface area contributed by atoms with Crippen molar-refractivity contribution in [2.24, 2.45) is 0 Å². The molecule has 1 aromatic carbocycles. The van der Waals surface area contributed by atoms with Gasteiger partial charge in [0, 0.05) is 17.8 Å². The zero-order chi connectivity index (χ0) is 18.0. The SMILES string of the molecule is CC(C)c1nc(CN(C)[C@@H](C(=O)O)c2ccc3c(c2)OCCO3)cs1. The zero-order valence-electron chi connectivity index (χ0n) is 14.6. The number of ether oxygens (including phenoxy) is 2. The quantitative estimate of drug-likeness (QED) is 0.850. The van der Waals surface area contributed by atoms with Crippen LogP contribution in [0, 0.1) is 0 Å². The monoisotopic (exact) mass is 362 g/mol. The van der Waals surface area contributed by atoms with Crippen LogP contribution >= 0.6 is 11.3 Å². The van der Waals surface area contributed by atoms with Crippen LogP contribution in [0.3, 0.4) is 0 Å². The molecule has 1 aromatic heterocycles. The number of carbonyl (C=O) groups is 1. The van der Waals surface area contributed by atoms with Gasteiger partial charge in [-0.05, 0) is 24.7 Å². The summed E-state index contributed by atoms with van der Waals surface area (Å²) in [6.07, 6.45) is 0. The average molecular weight is 362 g/mol. The Balaban J connectivity index is 1.81. The third kappa shape index (κ3) is 3.93. The Morgan fingerprint density at radius 1 is 1.32 bits per heavy atom. The van der Waals surface area contributed by atoms with Gasteiger partial charge in [-0.1, -0.05) is 19.9 Å². The summed E-state index contributed by atoms with van der Waals surface area (Å²) in [6.45, 7) is 5.65. The number of benzene rings is 1. The molecule has 1 aliphatic heterocycles. The van der Waals surface area contributed by atoms with E-state index in [0.717, 1.165) is 10.7 Å². The number of nitrogens with zero attached hydrogens (tertiary/aromatic N) is 2. The number of hydrogen-bond donors (Lipinski definition) is 1. The minimum Gasteiger partial charge on any atom is -0.486 e. The van der Waals surface area contributed by atoms with Crippen molar-refractivity contribution < 1.29 is 19.4 Å². The summed E-state index contributed by atoms with van der Waals surface area (Å²) < 4.78 is 11.1. The maximum absolute atomic E-state index is 11.9. The maximum atomic E-state index is 11.9. The highest BCUT2D eigenvalue weighted by Crippen LogP contribution is 2.34. The number of rotatable bonds is 6. The number of carboxylic acid groups (broad SMARTS) is 1. The van der Waals surface area contributed by atoms with Crippen LogP contribution in [-0.4, -0.2) is 41.2 Å². The van der Waals surface area contributed by atoms with Gasteiger partial charge in [0.05, 0.1) is 10.7 Å². The summed E-state index contributed by atoms with van der Waals surface area (Å²) in [7, 11) is 1.80. The second-order valence-electron chi connectivity index (χ2n) is 6.39. The Morgan fingerprint density at radius 3 is 2.68 bits per heavy atom. The first kappa shape index (κ1) is 17.7. The Labute approximate surface area is 151 Å². The van der Waals surface area contributed by atoms with E-state index in [9.17, 15) is 9.90 Å². The summed E-state index contributed by atoms with van der Waals surface area (Å²) in [6, 6.07) is 4.53. The summed E-state index contributed by atoms with van der Waals surface area (Å²) in [5, 5.41) is 12.8. The molecule has 1 aliphatic rings. The molecule has 1 N–H and O–H groups in total. The predicted molar refractivity (Wildman–Crippen MR) is 95.5 cm³/mol. The Hall–Kier alpha value is -2.12. The van der Waals surface area contributed by atoms with Crippen molar-refractivity contribution in [2.75, 3.05) is 20.3 Å². The van der Waals surface area contributed by atoms with Crippen molar-refractivity contribution in [1.82, 2.24) is 9.88 Å². The van der Waals surface area contributed by atoms with Gasteiger partial charge in [-0.2, -0.15) is 0 Å². The molecule has 0 aliphatic carbocycles. The molecule has 25 heavy (non-hydrogen) atoms. The molecule has 0 saturated heterocycles. The highest BCUT2D eigenvalue weighted by Gasteiger charge is 2.27. The van der Waals surface area contributed by atoms with Crippen molar-refractivity contribution in [3.63, 3.8) is 0 Å². The van der Waals surface area contributed by atoms with Crippen LogP contribution in [0.15, 0.2) is 23.6 Å². The number of hydrogen-bond acceptors (Lipinski definition) is 6. The Morgan fingerprint density at radius 2 is 2.04 bits per heavy atom. The molecule has 6 nitrogen and oxygen atoms in total. The molecular formula is C18H22N2O4S. The number of aromatic nitrogens is 1. The number of fused-ring (bicyclic) bond motifs is 1. The van der Waals surface area contributed by atoms with Gasteiger partial charge in [-0.25, -0.2) is 4.98 Å². The smallest absolute Gasteiger partial charge is 0.325 e. The molecule has 0 unspecified atom stereocenters. The largest absolute Gasteiger partial charge is 0.486 e. The van der Waals surface area contributed by atoms with E-state index in [2.05, 4.69) is 18.8 Å². The molecule has 0 radical (unpaired) electrons. The van der Waals surface area contributed by atoms with Crippen molar-refractivity contribution >= 4 is 17.3 Å². The standard InChI is InChI=1S/C18H22N2O4S/c1-11(2)17-19-13(10-25-17)9-20(3)16(18(21)22)12-4-5-14-15(8-12)24-7-6-23-14/h4-5,8,10-11,16H,6-7,9H2,1-3H3,(H,21,22)/t16-/m1/s1. The van der Waals surface area contributed by atoms with Gasteiger partial charge in [-0.15, -0.1) is 11.3 Å². The van der Waals surface area contributed by atoms with Crippen molar-refractivity contribution in [3.8, 4) is 11.5 Å². The lowest BCUT2D eigenvalue weighted by molar-refractivity contribution is -0.143. The summed E-state index contributed by atoms with van der Waals surface area (Å²) in [5.41, 5.74) is 1.55. The first-order valence-electron chi connectivity index (χ1n) is 8.22. The normalized spacial score (nSPS) is 14.8. The Bertz CT molecular complexity index is 759. The first-order valence-corrected chi connectivity index (χ1v) is 9.10. The highest BCUT2D eigenvalue weighted by molar-refractivity contribution is 7.09. The second kappa shape index (κ2) is 7.41. The molecule has 0 bridgehead atoms. The molecule has 2 aromatic rings. The van der Waals surface area contributed by atoms with Crippen LogP contribution in [0.4, 0.5) is 0 Å². The molecule has 7 heteroatoms. The van der Waals surface area contributed by atoms with Crippen LogP contribution < -0.4 is 9.47 Å². The topological polar surface area (TPSA) is 71.9 Å². The lowest BCUT2D eigenvalue weighted by Gasteiger charge is -2.26. The van der Waals surface area contributed by atoms with Gasteiger partial charge in [0.15, 0.2) is 11.5 Å². The molecule has 0 saturated carbocycles. The Kier molecular flexibility index (Phi) is 5.24. The first-order chi connectivity index (χ1) is 12.0. The zero-order valence-corrected chi connectivity index (χ0v) is 15.4. The van der Waals surface area contributed by atoms with Crippen molar-refractivity contribution in [2.45, 2.75) is 32.4 Å². The van der Waals surface area contributed by atoms with Crippen LogP contribution in [0.25, 0.3) is 0 Å². The van der Waals surface area contributed by atoms with E-state index in [1.54, 1.807) is 41.5 Å². The van der Waals surface area contributed by atoms with Gasteiger partial charge < -0.3 is 14.6 Å². The molecular weight excluding hydrogens is 340 g/mol. The van der Waals surface area contributed by atoms with Gasteiger partial charge in [0.25, 0.3) is 0 Å². The van der Waals surface area contributed by atoms with E-state index in [4.69, 9.17) is 9.47 Å². The fourth-order valence-corrected chi connectivity index (χ4v) is 3.65. The highest BCUT2D eigenvalue weighted by atomic mass is 32.1. The van der Waals surface area contributed by atoms with Crippen LogP contribution in [0.5, 0.6) is 11.5 Å². The molecule has 1 atom stereocenters. The number of thiazole rings is 1. The van der Waals surface area contributed by atoms with Gasteiger partial charge >= 0.3 is 5.97 Å². The number of carboxylic acids is 1. The molecule has 2 heterocycles. The number of likely N-dealkylation sites (N-methyl/N-ethyl adjacent to an activating group) is 1. The van der Waals surface area contributed by atoms with E-state index in [1.807, 2.05) is 5.38 Å². The second-order valence-corrected chi connectivity index (χ2v) is 7.28.